The molecule has 3 aromatic rings. The molecule has 0 heterocycles. The molecule has 0 aliphatic rings. The van der Waals surface area contributed by atoms with Gasteiger partial charge in [0.25, 0.3) is 5.91 Å². The number of aryl methyl sites for hydroxylation is 2. The van der Waals surface area contributed by atoms with Crippen LogP contribution in [0.15, 0.2) is 65.6 Å². The predicted molar refractivity (Wildman–Crippen MR) is 129 cm³/mol. The van der Waals surface area contributed by atoms with Gasteiger partial charge >= 0.3 is 0 Å². The lowest BCUT2D eigenvalue weighted by molar-refractivity contribution is -0.113. The molecule has 3 aromatic carbocycles. The molecule has 0 saturated heterocycles. The Bertz CT molecular complexity index is 1110. The van der Waals surface area contributed by atoms with Gasteiger partial charge in [0.05, 0.1) is 20.0 Å². The molecule has 6 nitrogen and oxygen atoms in total. The summed E-state index contributed by atoms with van der Waals surface area (Å²) in [5.41, 5.74) is 4.10. The van der Waals surface area contributed by atoms with Gasteiger partial charge in [-0.25, -0.2) is 0 Å². The molecule has 3 rings (SSSR count). The van der Waals surface area contributed by atoms with Crippen molar-refractivity contribution in [3.8, 4) is 11.5 Å². The molecular formula is C25H26N2O4S. The molecule has 32 heavy (non-hydrogen) atoms. The standard InChI is InChI=1S/C25H26N2O4S/c1-16-10-17(2)12-20(11-16)26-24(28)15-32-21-7-5-6-19(14-21)27-25(29)18-8-9-22(30-3)23(13-18)31-4/h5-14H,15H2,1-4H3,(H,26,28)(H,27,29). The lowest BCUT2D eigenvalue weighted by Gasteiger charge is -2.11. The first-order valence-electron chi connectivity index (χ1n) is 10.0. The molecule has 0 saturated carbocycles. The maximum absolute atomic E-state index is 12.6. The van der Waals surface area contributed by atoms with E-state index in [0.717, 1.165) is 21.7 Å². The molecule has 2 amide bonds. The second-order valence-electron chi connectivity index (χ2n) is 7.26. The molecule has 0 fully saturated rings. The summed E-state index contributed by atoms with van der Waals surface area (Å²) in [6, 6.07) is 18.3. The Morgan fingerprint density at radius 2 is 1.53 bits per heavy atom. The van der Waals surface area contributed by atoms with Gasteiger partial charge in [-0.2, -0.15) is 0 Å². The number of hydrogen-bond acceptors (Lipinski definition) is 5. The first-order chi connectivity index (χ1) is 15.4. The Hall–Kier alpha value is -3.45. The van der Waals surface area contributed by atoms with Crippen LogP contribution < -0.4 is 20.1 Å². The number of hydrogen-bond donors (Lipinski definition) is 2. The third kappa shape index (κ3) is 6.28. The van der Waals surface area contributed by atoms with Gasteiger partial charge in [0.1, 0.15) is 0 Å². The van der Waals surface area contributed by atoms with Crippen molar-refractivity contribution in [3.63, 3.8) is 0 Å². The van der Waals surface area contributed by atoms with Crippen molar-refractivity contribution in [1.82, 2.24) is 0 Å². The van der Waals surface area contributed by atoms with E-state index in [1.807, 2.05) is 44.2 Å². The van der Waals surface area contributed by atoms with Crippen LogP contribution in [0, 0.1) is 13.8 Å². The van der Waals surface area contributed by atoms with Gasteiger partial charge in [-0.1, -0.05) is 12.1 Å². The molecule has 2 N–H and O–H groups in total. The Balaban J connectivity index is 1.60. The fourth-order valence-corrected chi connectivity index (χ4v) is 3.99. The van der Waals surface area contributed by atoms with Crippen molar-refractivity contribution in [2.24, 2.45) is 0 Å². The summed E-state index contributed by atoms with van der Waals surface area (Å²) in [7, 11) is 3.07. The number of carbonyl (C=O) groups is 2. The first kappa shape index (κ1) is 23.2. The number of carbonyl (C=O) groups excluding carboxylic acids is 2. The third-order valence-electron chi connectivity index (χ3n) is 4.61. The summed E-state index contributed by atoms with van der Waals surface area (Å²) in [5, 5.41) is 5.81. The van der Waals surface area contributed by atoms with E-state index in [1.165, 1.54) is 18.9 Å². The van der Waals surface area contributed by atoms with Crippen molar-refractivity contribution in [2.45, 2.75) is 18.7 Å². The molecule has 166 valence electrons. The number of methoxy groups -OCH3 is 2. The van der Waals surface area contributed by atoms with E-state index in [1.54, 1.807) is 31.4 Å². The highest BCUT2D eigenvalue weighted by atomic mass is 32.2. The smallest absolute Gasteiger partial charge is 0.255 e. The topological polar surface area (TPSA) is 76.7 Å². The SMILES string of the molecule is COc1ccc(C(=O)Nc2cccc(SCC(=O)Nc3cc(C)cc(C)c3)c2)cc1OC. The van der Waals surface area contributed by atoms with Crippen molar-refractivity contribution in [1.29, 1.82) is 0 Å². The monoisotopic (exact) mass is 450 g/mol. The van der Waals surface area contributed by atoms with Crippen LogP contribution in [0.4, 0.5) is 11.4 Å². The van der Waals surface area contributed by atoms with Crippen LogP contribution in [-0.4, -0.2) is 31.8 Å². The van der Waals surface area contributed by atoms with E-state index < -0.39 is 0 Å². The van der Waals surface area contributed by atoms with E-state index in [0.29, 0.717) is 22.7 Å². The van der Waals surface area contributed by atoms with Gasteiger partial charge in [-0.05, 0) is 73.5 Å². The number of benzene rings is 3. The Morgan fingerprint density at radius 3 is 2.22 bits per heavy atom. The lowest BCUT2D eigenvalue weighted by Crippen LogP contribution is -2.14. The number of nitrogens with one attached hydrogen (secondary N) is 2. The molecule has 0 aliphatic carbocycles. The molecule has 0 spiro atoms. The number of amides is 2. The Morgan fingerprint density at radius 1 is 0.812 bits per heavy atom. The number of rotatable bonds is 8. The molecule has 0 unspecified atom stereocenters. The molecule has 0 atom stereocenters. The molecule has 0 radical (unpaired) electrons. The molecular weight excluding hydrogens is 424 g/mol. The summed E-state index contributed by atoms with van der Waals surface area (Å²) in [6.07, 6.45) is 0. The zero-order valence-corrected chi connectivity index (χ0v) is 19.3. The lowest BCUT2D eigenvalue weighted by atomic mass is 10.1. The summed E-state index contributed by atoms with van der Waals surface area (Å²) in [4.78, 5) is 25.9. The average molecular weight is 451 g/mol. The van der Waals surface area contributed by atoms with Gasteiger partial charge in [0.2, 0.25) is 5.91 Å². The van der Waals surface area contributed by atoms with Crippen molar-refractivity contribution in [3.05, 3.63) is 77.4 Å². The van der Waals surface area contributed by atoms with E-state index in [4.69, 9.17) is 9.47 Å². The highest BCUT2D eigenvalue weighted by molar-refractivity contribution is 8.00. The maximum atomic E-state index is 12.6. The van der Waals surface area contributed by atoms with Crippen molar-refractivity contribution in [2.75, 3.05) is 30.6 Å². The normalized spacial score (nSPS) is 10.4. The first-order valence-corrected chi connectivity index (χ1v) is 11.0. The van der Waals surface area contributed by atoms with E-state index >= 15 is 0 Å². The second kappa shape index (κ2) is 10.7. The molecule has 0 aliphatic heterocycles. The van der Waals surface area contributed by atoms with Crippen LogP contribution in [0.1, 0.15) is 21.5 Å². The fraction of sp³-hybridized carbons (Fsp3) is 0.200. The van der Waals surface area contributed by atoms with Crippen LogP contribution in [0.3, 0.4) is 0 Å². The number of ether oxygens (including phenoxy) is 2. The van der Waals surface area contributed by atoms with Gasteiger partial charge < -0.3 is 20.1 Å². The number of anilines is 2. The second-order valence-corrected chi connectivity index (χ2v) is 8.31. The third-order valence-corrected chi connectivity index (χ3v) is 5.61. The highest BCUT2D eigenvalue weighted by Crippen LogP contribution is 2.28. The zero-order valence-electron chi connectivity index (χ0n) is 18.5. The van der Waals surface area contributed by atoms with Crippen LogP contribution in [0.5, 0.6) is 11.5 Å². The minimum Gasteiger partial charge on any atom is -0.493 e. The predicted octanol–water partition coefficient (Wildman–Crippen LogP) is 5.30. The zero-order chi connectivity index (χ0) is 23.1. The summed E-state index contributed by atoms with van der Waals surface area (Å²) in [6.45, 7) is 4.00. The molecule has 0 bridgehead atoms. The van der Waals surface area contributed by atoms with E-state index in [2.05, 4.69) is 16.7 Å². The summed E-state index contributed by atoms with van der Waals surface area (Å²) >= 11 is 1.40. The van der Waals surface area contributed by atoms with E-state index in [9.17, 15) is 9.59 Å². The van der Waals surface area contributed by atoms with Crippen molar-refractivity contribution < 1.29 is 19.1 Å². The minimum atomic E-state index is -0.263. The Labute approximate surface area is 192 Å². The molecule has 7 heteroatoms. The van der Waals surface area contributed by atoms with Crippen LogP contribution >= 0.6 is 11.8 Å². The van der Waals surface area contributed by atoms with Crippen LogP contribution in [0.25, 0.3) is 0 Å². The summed E-state index contributed by atoms with van der Waals surface area (Å²) in [5.74, 6) is 0.960. The highest BCUT2D eigenvalue weighted by Gasteiger charge is 2.12. The Kier molecular flexibility index (Phi) is 7.78. The van der Waals surface area contributed by atoms with Crippen molar-refractivity contribution >= 4 is 35.0 Å². The maximum Gasteiger partial charge on any atom is 0.255 e. The minimum absolute atomic E-state index is 0.0835. The summed E-state index contributed by atoms with van der Waals surface area (Å²) < 4.78 is 10.5. The average Bonchev–Trinajstić information content (AvgIpc) is 2.76. The fourth-order valence-electron chi connectivity index (χ4n) is 3.24. The molecule has 0 aromatic heterocycles. The largest absolute Gasteiger partial charge is 0.493 e. The van der Waals surface area contributed by atoms with Crippen LogP contribution in [0.2, 0.25) is 0 Å². The van der Waals surface area contributed by atoms with Gasteiger partial charge in [-0.15, -0.1) is 11.8 Å². The van der Waals surface area contributed by atoms with Gasteiger partial charge in [0.15, 0.2) is 11.5 Å². The van der Waals surface area contributed by atoms with E-state index in [-0.39, 0.29) is 17.6 Å². The van der Waals surface area contributed by atoms with Gasteiger partial charge in [-0.3, -0.25) is 9.59 Å². The quantitative estimate of drug-likeness (QED) is 0.455. The number of thioether (sulfide) groups is 1. The van der Waals surface area contributed by atoms with Crippen LogP contribution in [-0.2, 0) is 4.79 Å². The van der Waals surface area contributed by atoms with Gasteiger partial charge in [0, 0.05) is 21.8 Å².